The number of aliphatic carboxylic acids is 1. The summed E-state index contributed by atoms with van der Waals surface area (Å²) in [6.07, 6.45) is 1.17. The van der Waals surface area contributed by atoms with Crippen LogP contribution in [0, 0.1) is 5.92 Å². The SMILES string of the molecule is CC(C)CCC(=O)NCC(=O)N1Cc2ccccc2C(C(=O)O)C1. The molecule has 1 aromatic rings. The second kappa shape index (κ2) is 7.95. The molecule has 1 heterocycles. The molecule has 2 N–H and O–H groups in total. The van der Waals surface area contributed by atoms with Crippen molar-refractivity contribution in [1.29, 1.82) is 0 Å². The largest absolute Gasteiger partial charge is 0.481 e. The molecule has 2 rings (SSSR count). The highest BCUT2D eigenvalue weighted by Crippen LogP contribution is 2.28. The van der Waals surface area contributed by atoms with E-state index in [1.54, 1.807) is 12.1 Å². The lowest BCUT2D eigenvalue weighted by molar-refractivity contribution is -0.141. The fourth-order valence-electron chi connectivity index (χ4n) is 2.80. The summed E-state index contributed by atoms with van der Waals surface area (Å²) in [5.74, 6) is -1.64. The number of fused-ring (bicyclic) bond motifs is 1. The van der Waals surface area contributed by atoms with Crippen molar-refractivity contribution in [2.24, 2.45) is 5.92 Å². The minimum atomic E-state index is -0.944. The average molecular weight is 332 g/mol. The average Bonchev–Trinajstić information content (AvgIpc) is 2.56. The molecule has 1 aromatic carbocycles. The molecule has 1 unspecified atom stereocenters. The zero-order chi connectivity index (χ0) is 17.7. The van der Waals surface area contributed by atoms with Crippen LogP contribution < -0.4 is 5.32 Å². The molecule has 0 saturated heterocycles. The third kappa shape index (κ3) is 4.57. The molecule has 0 radical (unpaired) electrons. The van der Waals surface area contributed by atoms with Crippen LogP contribution in [-0.4, -0.2) is 40.9 Å². The summed E-state index contributed by atoms with van der Waals surface area (Å²) >= 11 is 0. The summed E-state index contributed by atoms with van der Waals surface area (Å²) in [5, 5.41) is 12.0. The second-order valence-corrected chi connectivity index (χ2v) is 6.57. The lowest BCUT2D eigenvalue weighted by Gasteiger charge is -2.32. The van der Waals surface area contributed by atoms with Gasteiger partial charge < -0.3 is 15.3 Å². The van der Waals surface area contributed by atoms with Gasteiger partial charge in [0.05, 0.1) is 12.5 Å². The van der Waals surface area contributed by atoms with E-state index < -0.39 is 11.9 Å². The number of hydrogen-bond donors (Lipinski definition) is 2. The predicted octanol–water partition coefficient (Wildman–Crippen LogP) is 1.75. The van der Waals surface area contributed by atoms with E-state index in [0.29, 0.717) is 18.9 Å². The summed E-state index contributed by atoms with van der Waals surface area (Å²) in [7, 11) is 0. The molecular formula is C18H24N2O4. The number of benzene rings is 1. The molecule has 0 aliphatic carbocycles. The molecule has 1 atom stereocenters. The van der Waals surface area contributed by atoms with E-state index >= 15 is 0 Å². The van der Waals surface area contributed by atoms with Crippen LogP contribution in [0.2, 0.25) is 0 Å². The van der Waals surface area contributed by atoms with Crippen LogP contribution in [0.4, 0.5) is 0 Å². The van der Waals surface area contributed by atoms with Gasteiger partial charge in [-0.1, -0.05) is 38.1 Å². The van der Waals surface area contributed by atoms with Crippen molar-refractivity contribution in [3.8, 4) is 0 Å². The van der Waals surface area contributed by atoms with E-state index in [2.05, 4.69) is 5.32 Å². The lowest BCUT2D eigenvalue weighted by Crippen LogP contribution is -2.45. The number of amides is 2. The van der Waals surface area contributed by atoms with Gasteiger partial charge in [0.25, 0.3) is 0 Å². The number of nitrogens with one attached hydrogen (secondary N) is 1. The van der Waals surface area contributed by atoms with Gasteiger partial charge in [-0.05, 0) is 23.5 Å². The Labute approximate surface area is 141 Å². The van der Waals surface area contributed by atoms with Crippen molar-refractivity contribution in [2.45, 2.75) is 39.2 Å². The fraction of sp³-hybridized carbons (Fsp3) is 0.500. The van der Waals surface area contributed by atoms with Crippen molar-refractivity contribution in [2.75, 3.05) is 13.1 Å². The number of hydrogen-bond acceptors (Lipinski definition) is 3. The summed E-state index contributed by atoms with van der Waals surface area (Å²) in [5.41, 5.74) is 1.60. The van der Waals surface area contributed by atoms with Crippen LogP contribution in [-0.2, 0) is 20.9 Å². The molecule has 2 amide bonds. The number of rotatable bonds is 6. The first kappa shape index (κ1) is 18.0. The summed E-state index contributed by atoms with van der Waals surface area (Å²) in [6.45, 7) is 4.49. The number of carbonyl (C=O) groups excluding carboxylic acids is 2. The van der Waals surface area contributed by atoms with Gasteiger partial charge in [-0.2, -0.15) is 0 Å². The molecule has 0 bridgehead atoms. The Morgan fingerprint density at radius 3 is 2.67 bits per heavy atom. The zero-order valence-corrected chi connectivity index (χ0v) is 14.1. The van der Waals surface area contributed by atoms with Gasteiger partial charge >= 0.3 is 5.97 Å². The topological polar surface area (TPSA) is 86.7 Å². The van der Waals surface area contributed by atoms with Crippen LogP contribution in [0.3, 0.4) is 0 Å². The predicted molar refractivity (Wildman–Crippen MR) is 89.3 cm³/mol. The van der Waals surface area contributed by atoms with Gasteiger partial charge in [0, 0.05) is 19.5 Å². The molecule has 0 spiro atoms. The van der Waals surface area contributed by atoms with E-state index in [4.69, 9.17) is 0 Å². The third-order valence-electron chi connectivity index (χ3n) is 4.23. The molecule has 0 fully saturated rings. The van der Waals surface area contributed by atoms with Crippen LogP contribution in [0.1, 0.15) is 43.7 Å². The summed E-state index contributed by atoms with van der Waals surface area (Å²) < 4.78 is 0. The quantitative estimate of drug-likeness (QED) is 0.831. The molecule has 1 aliphatic rings. The van der Waals surface area contributed by atoms with Crippen LogP contribution in [0.25, 0.3) is 0 Å². The highest BCUT2D eigenvalue weighted by molar-refractivity contribution is 5.86. The maximum atomic E-state index is 12.3. The second-order valence-electron chi connectivity index (χ2n) is 6.57. The first-order valence-corrected chi connectivity index (χ1v) is 8.23. The van der Waals surface area contributed by atoms with Crippen molar-refractivity contribution in [1.82, 2.24) is 10.2 Å². The molecule has 0 aromatic heterocycles. The number of carboxylic acid groups (broad SMARTS) is 1. The van der Waals surface area contributed by atoms with Crippen LogP contribution in [0.15, 0.2) is 24.3 Å². The smallest absolute Gasteiger partial charge is 0.312 e. The molecule has 1 aliphatic heterocycles. The Hall–Kier alpha value is -2.37. The highest BCUT2D eigenvalue weighted by Gasteiger charge is 2.32. The Kier molecular flexibility index (Phi) is 5.95. The number of carboxylic acids is 1. The Balaban J connectivity index is 1.96. The Morgan fingerprint density at radius 1 is 1.29 bits per heavy atom. The Bertz CT molecular complexity index is 627. The van der Waals surface area contributed by atoms with Crippen LogP contribution in [0.5, 0.6) is 0 Å². The van der Waals surface area contributed by atoms with Gasteiger partial charge in [-0.15, -0.1) is 0 Å². The van der Waals surface area contributed by atoms with Crippen LogP contribution >= 0.6 is 0 Å². The lowest BCUT2D eigenvalue weighted by atomic mass is 9.90. The maximum absolute atomic E-state index is 12.3. The Morgan fingerprint density at radius 2 is 2.00 bits per heavy atom. The van der Waals surface area contributed by atoms with E-state index in [-0.39, 0.29) is 24.9 Å². The van der Waals surface area contributed by atoms with E-state index in [1.165, 1.54) is 4.90 Å². The van der Waals surface area contributed by atoms with Crippen molar-refractivity contribution >= 4 is 17.8 Å². The molecule has 130 valence electrons. The first-order chi connectivity index (χ1) is 11.4. The monoisotopic (exact) mass is 332 g/mol. The molecule has 24 heavy (non-hydrogen) atoms. The van der Waals surface area contributed by atoms with Crippen molar-refractivity contribution in [3.05, 3.63) is 35.4 Å². The van der Waals surface area contributed by atoms with E-state index in [9.17, 15) is 19.5 Å². The van der Waals surface area contributed by atoms with E-state index in [0.717, 1.165) is 17.5 Å². The van der Waals surface area contributed by atoms with Gasteiger partial charge in [0.2, 0.25) is 11.8 Å². The maximum Gasteiger partial charge on any atom is 0.312 e. The van der Waals surface area contributed by atoms with Crippen molar-refractivity contribution in [3.63, 3.8) is 0 Å². The van der Waals surface area contributed by atoms with Crippen molar-refractivity contribution < 1.29 is 19.5 Å². The van der Waals surface area contributed by atoms with Gasteiger partial charge in [0.1, 0.15) is 0 Å². The standard InChI is InChI=1S/C18H24N2O4/c1-12(2)7-8-16(21)19-9-17(22)20-10-13-5-3-4-6-14(13)15(11-20)18(23)24/h3-6,12,15H,7-11H2,1-2H3,(H,19,21)(H,23,24). The highest BCUT2D eigenvalue weighted by atomic mass is 16.4. The summed E-state index contributed by atoms with van der Waals surface area (Å²) in [6, 6.07) is 7.27. The van der Waals surface area contributed by atoms with E-state index in [1.807, 2.05) is 26.0 Å². The minimum absolute atomic E-state index is 0.0918. The fourth-order valence-corrected chi connectivity index (χ4v) is 2.80. The van der Waals surface area contributed by atoms with Gasteiger partial charge in [0.15, 0.2) is 0 Å². The summed E-state index contributed by atoms with van der Waals surface area (Å²) in [4.78, 5) is 37.1. The van der Waals surface area contributed by atoms with Gasteiger partial charge in [-0.25, -0.2) is 0 Å². The minimum Gasteiger partial charge on any atom is -0.481 e. The first-order valence-electron chi connectivity index (χ1n) is 8.23. The molecule has 6 heteroatoms. The molecule has 0 saturated carbocycles. The third-order valence-corrected chi connectivity index (χ3v) is 4.23. The van der Waals surface area contributed by atoms with Gasteiger partial charge in [-0.3, -0.25) is 14.4 Å². The molecule has 6 nitrogen and oxygen atoms in total. The number of nitrogens with zero attached hydrogens (tertiary/aromatic N) is 1. The molecular weight excluding hydrogens is 308 g/mol. The zero-order valence-electron chi connectivity index (χ0n) is 14.1. The normalized spacial score (nSPS) is 16.6. The number of carbonyl (C=O) groups is 3.